The molecule has 0 saturated heterocycles. The van der Waals surface area contributed by atoms with Gasteiger partial charge in [0, 0.05) is 16.9 Å². The number of nitrogens with zero attached hydrogens (tertiary/aromatic N) is 1. The lowest BCUT2D eigenvalue weighted by molar-refractivity contribution is 1.06. The molecule has 0 fully saturated rings. The summed E-state index contributed by atoms with van der Waals surface area (Å²) < 4.78 is 2.52. The predicted octanol–water partition coefficient (Wildman–Crippen LogP) is 1.39. The molecule has 0 radical (unpaired) electrons. The van der Waals surface area contributed by atoms with Crippen molar-refractivity contribution < 1.29 is 0 Å². The predicted molar refractivity (Wildman–Crippen MR) is 45.7 cm³/mol. The third-order valence-electron chi connectivity index (χ3n) is 1.51. The quantitative estimate of drug-likeness (QED) is 0.705. The van der Waals surface area contributed by atoms with Gasteiger partial charge in [-0.15, -0.1) is 0 Å². The van der Waals surface area contributed by atoms with Crippen molar-refractivity contribution in [3.05, 3.63) is 39.5 Å². The van der Waals surface area contributed by atoms with Gasteiger partial charge in [-0.25, -0.2) is 4.79 Å². The van der Waals surface area contributed by atoms with Crippen LogP contribution in [0.25, 0.3) is 5.52 Å². The van der Waals surface area contributed by atoms with Gasteiger partial charge in [0.15, 0.2) is 0 Å². The Morgan fingerprint density at radius 1 is 1.55 bits per heavy atom. The molecule has 0 aromatic carbocycles. The summed E-state index contributed by atoms with van der Waals surface area (Å²) in [4.78, 5) is 13.6. The SMILES string of the molecule is O=c1[nH]cc2cc(Br)ccn12. The second-order valence-corrected chi connectivity index (χ2v) is 3.15. The number of imidazole rings is 1. The Labute approximate surface area is 70.8 Å². The first kappa shape index (κ1) is 6.67. The van der Waals surface area contributed by atoms with Crippen molar-refractivity contribution in [1.29, 1.82) is 0 Å². The summed E-state index contributed by atoms with van der Waals surface area (Å²) in [7, 11) is 0. The third-order valence-corrected chi connectivity index (χ3v) is 2.00. The Balaban J connectivity index is 2.97. The molecule has 11 heavy (non-hydrogen) atoms. The second-order valence-electron chi connectivity index (χ2n) is 2.23. The normalized spacial score (nSPS) is 10.6. The zero-order valence-corrected chi connectivity index (χ0v) is 7.13. The molecule has 0 spiro atoms. The van der Waals surface area contributed by atoms with Crippen LogP contribution in [-0.2, 0) is 0 Å². The Morgan fingerprint density at radius 3 is 3.18 bits per heavy atom. The largest absolute Gasteiger partial charge is 0.330 e. The molecule has 0 atom stereocenters. The summed E-state index contributed by atoms with van der Waals surface area (Å²) >= 11 is 3.31. The average Bonchev–Trinajstić information content (AvgIpc) is 2.32. The zero-order chi connectivity index (χ0) is 7.84. The van der Waals surface area contributed by atoms with Gasteiger partial charge in [0.25, 0.3) is 0 Å². The Kier molecular flexibility index (Phi) is 1.35. The van der Waals surface area contributed by atoms with E-state index in [9.17, 15) is 4.79 Å². The van der Waals surface area contributed by atoms with E-state index in [4.69, 9.17) is 0 Å². The Hall–Kier alpha value is -1.03. The minimum Gasteiger partial charge on any atom is -0.312 e. The summed E-state index contributed by atoms with van der Waals surface area (Å²) in [5.74, 6) is 0. The van der Waals surface area contributed by atoms with E-state index in [0.717, 1.165) is 9.99 Å². The molecule has 0 saturated carbocycles. The lowest BCUT2D eigenvalue weighted by atomic mass is 10.4. The average molecular weight is 213 g/mol. The molecule has 3 nitrogen and oxygen atoms in total. The molecule has 0 unspecified atom stereocenters. The monoisotopic (exact) mass is 212 g/mol. The molecule has 2 heterocycles. The van der Waals surface area contributed by atoms with Crippen molar-refractivity contribution in [3.63, 3.8) is 0 Å². The summed E-state index contributed by atoms with van der Waals surface area (Å²) in [6.07, 6.45) is 3.39. The highest BCUT2D eigenvalue weighted by atomic mass is 79.9. The minimum absolute atomic E-state index is 0.104. The van der Waals surface area contributed by atoms with Gasteiger partial charge in [0.05, 0.1) is 5.52 Å². The van der Waals surface area contributed by atoms with Crippen LogP contribution in [0.1, 0.15) is 0 Å². The van der Waals surface area contributed by atoms with Gasteiger partial charge in [-0.1, -0.05) is 15.9 Å². The first-order valence-electron chi connectivity index (χ1n) is 3.13. The maximum Gasteiger partial charge on any atom is 0.330 e. The van der Waals surface area contributed by atoms with Crippen LogP contribution in [0.15, 0.2) is 33.8 Å². The number of fused-ring (bicyclic) bond motifs is 1. The van der Waals surface area contributed by atoms with E-state index >= 15 is 0 Å². The fourth-order valence-corrected chi connectivity index (χ4v) is 1.34. The van der Waals surface area contributed by atoms with Crippen LogP contribution in [0, 0.1) is 0 Å². The van der Waals surface area contributed by atoms with Crippen molar-refractivity contribution in [1.82, 2.24) is 9.38 Å². The number of aromatic amines is 1. The number of rotatable bonds is 0. The number of halogens is 1. The van der Waals surface area contributed by atoms with Gasteiger partial charge in [-0.05, 0) is 12.1 Å². The molecule has 4 heteroatoms. The smallest absolute Gasteiger partial charge is 0.312 e. The maximum absolute atomic E-state index is 11.0. The number of aromatic nitrogens is 2. The highest BCUT2D eigenvalue weighted by Gasteiger charge is 1.95. The highest BCUT2D eigenvalue weighted by Crippen LogP contribution is 2.10. The fourth-order valence-electron chi connectivity index (χ4n) is 0.992. The van der Waals surface area contributed by atoms with Gasteiger partial charge >= 0.3 is 5.69 Å². The molecule has 0 amide bonds. The third kappa shape index (κ3) is 0.991. The molecular weight excluding hydrogens is 208 g/mol. The Bertz CT molecular complexity index is 443. The van der Waals surface area contributed by atoms with Crippen molar-refractivity contribution >= 4 is 21.4 Å². The molecular formula is C7H5BrN2O. The first-order chi connectivity index (χ1) is 5.27. The molecule has 0 aliphatic heterocycles. The van der Waals surface area contributed by atoms with Crippen LogP contribution in [0.5, 0.6) is 0 Å². The summed E-state index contributed by atoms with van der Waals surface area (Å²) in [6, 6.07) is 3.69. The van der Waals surface area contributed by atoms with Crippen LogP contribution in [0.4, 0.5) is 0 Å². The summed E-state index contributed by atoms with van der Waals surface area (Å²) in [6.45, 7) is 0. The lowest BCUT2D eigenvalue weighted by Crippen LogP contribution is -2.07. The first-order valence-corrected chi connectivity index (χ1v) is 3.92. The van der Waals surface area contributed by atoms with Crippen LogP contribution in [0.2, 0.25) is 0 Å². The van der Waals surface area contributed by atoms with Crippen molar-refractivity contribution in [2.24, 2.45) is 0 Å². The van der Waals surface area contributed by atoms with E-state index in [1.807, 2.05) is 12.1 Å². The van der Waals surface area contributed by atoms with E-state index in [1.165, 1.54) is 0 Å². The minimum atomic E-state index is -0.104. The van der Waals surface area contributed by atoms with Crippen LogP contribution in [-0.4, -0.2) is 9.38 Å². The summed E-state index contributed by atoms with van der Waals surface area (Å²) in [5.41, 5.74) is 0.761. The number of nitrogens with one attached hydrogen (secondary N) is 1. The summed E-state index contributed by atoms with van der Waals surface area (Å²) in [5, 5.41) is 0. The van der Waals surface area contributed by atoms with Crippen molar-refractivity contribution in [3.8, 4) is 0 Å². The second kappa shape index (κ2) is 2.23. The molecule has 0 bridgehead atoms. The van der Waals surface area contributed by atoms with Gasteiger partial charge < -0.3 is 4.98 Å². The van der Waals surface area contributed by atoms with E-state index in [-0.39, 0.29) is 5.69 Å². The molecule has 56 valence electrons. The number of pyridine rings is 1. The van der Waals surface area contributed by atoms with Crippen LogP contribution < -0.4 is 5.69 Å². The Morgan fingerprint density at radius 2 is 2.36 bits per heavy atom. The maximum atomic E-state index is 11.0. The number of hydrogen-bond acceptors (Lipinski definition) is 1. The lowest BCUT2D eigenvalue weighted by Gasteiger charge is -1.90. The van der Waals surface area contributed by atoms with E-state index in [2.05, 4.69) is 20.9 Å². The van der Waals surface area contributed by atoms with Crippen LogP contribution >= 0.6 is 15.9 Å². The molecule has 2 rings (SSSR count). The number of H-pyrrole nitrogens is 1. The van der Waals surface area contributed by atoms with E-state index in [1.54, 1.807) is 16.8 Å². The van der Waals surface area contributed by atoms with Gasteiger partial charge in [-0.3, -0.25) is 4.40 Å². The standard InChI is InChI=1S/C7H5BrN2O/c8-5-1-2-10-6(3-5)4-9-7(10)11/h1-4H,(H,9,11). The molecule has 2 aromatic heterocycles. The van der Waals surface area contributed by atoms with E-state index < -0.39 is 0 Å². The molecule has 1 N–H and O–H groups in total. The molecule has 2 aromatic rings. The molecule has 0 aliphatic carbocycles. The molecule has 0 aliphatic rings. The zero-order valence-electron chi connectivity index (χ0n) is 5.54. The van der Waals surface area contributed by atoms with Gasteiger partial charge in [0.2, 0.25) is 0 Å². The highest BCUT2D eigenvalue weighted by molar-refractivity contribution is 9.10. The fraction of sp³-hybridized carbons (Fsp3) is 0. The van der Waals surface area contributed by atoms with Crippen molar-refractivity contribution in [2.75, 3.05) is 0 Å². The van der Waals surface area contributed by atoms with Gasteiger partial charge in [-0.2, -0.15) is 0 Å². The van der Waals surface area contributed by atoms with Gasteiger partial charge in [0.1, 0.15) is 0 Å². The van der Waals surface area contributed by atoms with Crippen molar-refractivity contribution in [2.45, 2.75) is 0 Å². The number of hydrogen-bond donors (Lipinski definition) is 1. The van der Waals surface area contributed by atoms with E-state index in [0.29, 0.717) is 0 Å². The van der Waals surface area contributed by atoms with Crippen LogP contribution in [0.3, 0.4) is 0 Å². The topological polar surface area (TPSA) is 37.3 Å².